The Morgan fingerprint density at radius 2 is 1.91 bits per heavy atom. The largest absolute Gasteiger partial charge is 0.376 e. The lowest BCUT2D eigenvalue weighted by Gasteiger charge is -2.47. The van der Waals surface area contributed by atoms with E-state index in [0.717, 1.165) is 19.7 Å². The lowest BCUT2D eigenvalue weighted by atomic mass is 9.73. The van der Waals surface area contributed by atoms with Crippen LogP contribution in [0.2, 0.25) is 0 Å². The van der Waals surface area contributed by atoms with Crippen LogP contribution < -0.4 is 5.32 Å². The number of likely N-dealkylation sites (tertiary alicyclic amines) is 1. The zero-order valence-electron chi connectivity index (χ0n) is 15.3. The smallest absolute Gasteiger partial charge is 0.0632 e. The summed E-state index contributed by atoms with van der Waals surface area (Å²) in [6.45, 7) is 12.7. The fourth-order valence-electron chi connectivity index (χ4n) is 4.22. The highest BCUT2D eigenvalue weighted by Gasteiger charge is 2.41. The number of hydrogen-bond acceptors (Lipinski definition) is 4. The Balaban J connectivity index is 1.86. The molecule has 2 fully saturated rings. The zero-order valence-corrected chi connectivity index (χ0v) is 15.3. The van der Waals surface area contributed by atoms with E-state index in [2.05, 4.69) is 43.1 Å². The Hall–Kier alpha value is -0.160. The molecule has 0 bridgehead atoms. The van der Waals surface area contributed by atoms with Crippen LogP contribution in [0.15, 0.2) is 0 Å². The van der Waals surface area contributed by atoms with E-state index in [0.29, 0.717) is 5.41 Å². The van der Waals surface area contributed by atoms with E-state index >= 15 is 0 Å². The molecule has 2 rings (SSSR count). The molecule has 0 aromatic heterocycles. The van der Waals surface area contributed by atoms with Crippen LogP contribution in [0.3, 0.4) is 0 Å². The summed E-state index contributed by atoms with van der Waals surface area (Å²) in [5.41, 5.74) is 0.424. The quantitative estimate of drug-likeness (QED) is 0.696. The van der Waals surface area contributed by atoms with E-state index in [9.17, 15) is 0 Å². The van der Waals surface area contributed by atoms with Crippen LogP contribution in [0.5, 0.6) is 0 Å². The highest BCUT2D eigenvalue weighted by molar-refractivity contribution is 4.94. The minimum Gasteiger partial charge on any atom is -0.376 e. The molecule has 4 nitrogen and oxygen atoms in total. The summed E-state index contributed by atoms with van der Waals surface area (Å²) in [7, 11) is 4.30. The minimum absolute atomic E-state index is 0.0310. The van der Waals surface area contributed by atoms with E-state index in [4.69, 9.17) is 4.74 Å². The second-order valence-electron chi connectivity index (χ2n) is 8.35. The zero-order chi connectivity index (χ0) is 16.1. The first-order chi connectivity index (χ1) is 10.4. The molecule has 0 aliphatic carbocycles. The summed E-state index contributed by atoms with van der Waals surface area (Å²) in [6, 6.07) is 0. The molecule has 2 heterocycles. The average Bonchev–Trinajstić information content (AvgIpc) is 2.89. The highest BCUT2D eigenvalue weighted by atomic mass is 16.5. The molecule has 0 aromatic rings. The normalized spacial score (nSPS) is 29.3. The summed E-state index contributed by atoms with van der Waals surface area (Å²) in [5.74, 6) is 0. The summed E-state index contributed by atoms with van der Waals surface area (Å²) in [6.07, 6.45) is 6.37. The Bertz CT molecular complexity index is 326. The molecular formula is C18H37N3O. The molecule has 0 spiro atoms. The Kier molecular flexibility index (Phi) is 6.69. The average molecular weight is 312 g/mol. The third-order valence-electron chi connectivity index (χ3n) is 5.14. The van der Waals surface area contributed by atoms with Crippen molar-refractivity contribution in [1.29, 1.82) is 0 Å². The molecule has 1 unspecified atom stereocenters. The molecule has 130 valence electrons. The topological polar surface area (TPSA) is 27.7 Å². The summed E-state index contributed by atoms with van der Waals surface area (Å²) in [4.78, 5) is 4.95. The van der Waals surface area contributed by atoms with Crippen molar-refractivity contribution >= 4 is 0 Å². The lowest BCUT2D eigenvalue weighted by Crippen LogP contribution is -2.51. The Labute approximate surface area is 137 Å². The third-order valence-corrected chi connectivity index (χ3v) is 5.14. The summed E-state index contributed by atoms with van der Waals surface area (Å²) in [5, 5.41) is 3.75. The molecule has 2 saturated heterocycles. The van der Waals surface area contributed by atoms with Gasteiger partial charge in [-0.05, 0) is 86.2 Å². The van der Waals surface area contributed by atoms with Gasteiger partial charge in [-0.25, -0.2) is 0 Å². The van der Waals surface area contributed by atoms with E-state index in [1.807, 2.05) is 0 Å². The van der Waals surface area contributed by atoms with Gasteiger partial charge >= 0.3 is 0 Å². The van der Waals surface area contributed by atoms with Crippen LogP contribution in [-0.2, 0) is 4.74 Å². The van der Waals surface area contributed by atoms with Crippen LogP contribution in [0, 0.1) is 5.41 Å². The van der Waals surface area contributed by atoms with Gasteiger partial charge in [0.25, 0.3) is 0 Å². The van der Waals surface area contributed by atoms with Crippen LogP contribution in [0.4, 0.5) is 0 Å². The van der Waals surface area contributed by atoms with Gasteiger partial charge in [-0.15, -0.1) is 0 Å². The first-order valence-electron chi connectivity index (χ1n) is 9.13. The van der Waals surface area contributed by atoms with E-state index in [1.54, 1.807) is 0 Å². The molecule has 22 heavy (non-hydrogen) atoms. The molecule has 0 radical (unpaired) electrons. The van der Waals surface area contributed by atoms with Gasteiger partial charge in [-0.3, -0.25) is 0 Å². The SMILES string of the molecule is CN(C)CCCNCC1(CN2CCCC2)CCOC(C)(C)C1. The van der Waals surface area contributed by atoms with Crippen molar-refractivity contribution in [2.45, 2.75) is 51.6 Å². The van der Waals surface area contributed by atoms with E-state index in [1.165, 1.54) is 58.3 Å². The molecule has 1 N–H and O–H groups in total. The first kappa shape index (κ1) is 18.2. The molecule has 0 amide bonds. The van der Waals surface area contributed by atoms with Crippen LogP contribution in [-0.4, -0.2) is 75.4 Å². The summed E-state index contributed by atoms with van der Waals surface area (Å²) >= 11 is 0. The van der Waals surface area contributed by atoms with Crippen molar-refractivity contribution in [3.63, 3.8) is 0 Å². The molecule has 2 aliphatic rings. The number of ether oxygens (including phenoxy) is 1. The fraction of sp³-hybridized carbons (Fsp3) is 1.00. The maximum absolute atomic E-state index is 5.99. The van der Waals surface area contributed by atoms with Gasteiger partial charge < -0.3 is 19.9 Å². The molecule has 0 saturated carbocycles. The van der Waals surface area contributed by atoms with Crippen LogP contribution >= 0.6 is 0 Å². The van der Waals surface area contributed by atoms with Gasteiger partial charge in [0.15, 0.2) is 0 Å². The maximum atomic E-state index is 5.99. The van der Waals surface area contributed by atoms with Crippen molar-refractivity contribution < 1.29 is 4.74 Å². The third kappa shape index (κ3) is 5.80. The maximum Gasteiger partial charge on any atom is 0.0632 e. The van der Waals surface area contributed by atoms with Gasteiger partial charge in [0.2, 0.25) is 0 Å². The molecule has 0 aromatic carbocycles. The molecule has 1 atom stereocenters. The second-order valence-corrected chi connectivity index (χ2v) is 8.35. The summed E-state index contributed by atoms with van der Waals surface area (Å²) < 4.78 is 5.99. The van der Waals surface area contributed by atoms with Gasteiger partial charge in [0.1, 0.15) is 0 Å². The van der Waals surface area contributed by atoms with Crippen molar-refractivity contribution in [2.24, 2.45) is 5.41 Å². The van der Waals surface area contributed by atoms with E-state index < -0.39 is 0 Å². The standard InChI is InChI=1S/C18H37N3O/c1-17(2)14-18(8-13-22-17,16-21-11-5-6-12-21)15-19-9-7-10-20(3)4/h19H,5-16H2,1-4H3. The van der Waals surface area contributed by atoms with Crippen molar-refractivity contribution in [3.8, 4) is 0 Å². The lowest BCUT2D eigenvalue weighted by molar-refractivity contribution is -0.110. The van der Waals surface area contributed by atoms with Crippen molar-refractivity contribution in [1.82, 2.24) is 15.1 Å². The van der Waals surface area contributed by atoms with Gasteiger partial charge in [-0.1, -0.05) is 0 Å². The molecular weight excluding hydrogens is 274 g/mol. The monoisotopic (exact) mass is 311 g/mol. The number of nitrogens with one attached hydrogen (secondary N) is 1. The van der Waals surface area contributed by atoms with Crippen molar-refractivity contribution in [3.05, 3.63) is 0 Å². The van der Waals surface area contributed by atoms with Gasteiger partial charge in [0.05, 0.1) is 5.60 Å². The number of rotatable bonds is 8. The molecule has 4 heteroatoms. The van der Waals surface area contributed by atoms with Gasteiger partial charge in [-0.2, -0.15) is 0 Å². The van der Waals surface area contributed by atoms with E-state index in [-0.39, 0.29) is 5.60 Å². The Morgan fingerprint density at radius 3 is 2.55 bits per heavy atom. The first-order valence-corrected chi connectivity index (χ1v) is 9.13. The number of hydrogen-bond donors (Lipinski definition) is 1. The van der Waals surface area contributed by atoms with Crippen LogP contribution in [0.25, 0.3) is 0 Å². The second kappa shape index (κ2) is 8.09. The van der Waals surface area contributed by atoms with Crippen molar-refractivity contribution in [2.75, 3.05) is 60.0 Å². The van der Waals surface area contributed by atoms with Crippen LogP contribution in [0.1, 0.15) is 46.0 Å². The predicted octanol–water partition coefficient (Wildman–Crippen LogP) is 2.20. The fourth-order valence-corrected chi connectivity index (χ4v) is 4.22. The predicted molar refractivity (Wildman–Crippen MR) is 93.4 cm³/mol. The Morgan fingerprint density at radius 1 is 1.18 bits per heavy atom. The highest BCUT2D eigenvalue weighted by Crippen LogP contribution is 2.39. The number of nitrogens with zero attached hydrogens (tertiary/aromatic N) is 2. The van der Waals surface area contributed by atoms with Gasteiger partial charge in [0, 0.05) is 25.1 Å². The molecule has 2 aliphatic heterocycles. The minimum atomic E-state index is 0.0310.